The maximum Gasteiger partial charge on any atom is 0.191 e. The first-order valence-electron chi connectivity index (χ1n) is 8.09. The lowest BCUT2D eigenvalue weighted by molar-refractivity contribution is 0.416. The molecule has 6 heteroatoms. The standard InChI is InChI=1S/C19H20FN3OS/c1-4-17(13-9-11-14(20)12-10-13)25-19-22-21-18(23(19)2)15-7-5-6-8-16(15)24-3/h5-12,17H,4H2,1-3H3/t17-/m1/s1. The molecule has 0 saturated heterocycles. The van der Waals surface area contributed by atoms with Crippen molar-refractivity contribution >= 4 is 11.8 Å². The SMILES string of the molecule is CC[C@@H](Sc1nnc(-c2ccccc2OC)n1C)c1ccc(F)cc1. The van der Waals surface area contributed by atoms with Crippen LogP contribution >= 0.6 is 11.8 Å². The topological polar surface area (TPSA) is 39.9 Å². The van der Waals surface area contributed by atoms with E-state index in [9.17, 15) is 4.39 Å². The van der Waals surface area contributed by atoms with Gasteiger partial charge < -0.3 is 9.30 Å². The molecule has 2 aromatic carbocycles. The molecule has 130 valence electrons. The summed E-state index contributed by atoms with van der Waals surface area (Å²) in [5.41, 5.74) is 1.98. The molecule has 0 radical (unpaired) electrons. The molecule has 0 amide bonds. The van der Waals surface area contributed by atoms with Gasteiger partial charge in [0.15, 0.2) is 11.0 Å². The largest absolute Gasteiger partial charge is 0.496 e. The van der Waals surface area contributed by atoms with Gasteiger partial charge in [-0.15, -0.1) is 10.2 Å². The highest BCUT2D eigenvalue weighted by molar-refractivity contribution is 7.99. The molecule has 0 aliphatic carbocycles. The maximum atomic E-state index is 13.2. The van der Waals surface area contributed by atoms with Gasteiger partial charge in [-0.1, -0.05) is 43.0 Å². The Morgan fingerprint density at radius 1 is 1.12 bits per heavy atom. The van der Waals surface area contributed by atoms with Gasteiger partial charge in [0.25, 0.3) is 0 Å². The monoisotopic (exact) mass is 357 g/mol. The van der Waals surface area contributed by atoms with Gasteiger partial charge in [-0.05, 0) is 36.2 Å². The lowest BCUT2D eigenvalue weighted by Gasteiger charge is -2.14. The van der Waals surface area contributed by atoms with Crippen molar-refractivity contribution in [3.8, 4) is 17.1 Å². The molecule has 25 heavy (non-hydrogen) atoms. The summed E-state index contributed by atoms with van der Waals surface area (Å²) in [6.07, 6.45) is 0.910. The van der Waals surface area contributed by atoms with Crippen LogP contribution in [-0.2, 0) is 7.05 Å². The van der Waals surface area contributed by atoms with E-state index in [2.05, 4.69) is 17.1 Å². The highest BCUT2D eigenvalue weighted by atomic mass is 32.2. The predicted octanol–water partition coefficient (Wildman–Crippen LogP) is 4.87. The molecule has 3 rings (SSSR count). The molecule has 0 spiro atoms. The molecule has 1 aromatic heterocycles. The number of hydrogen-bond donors (Lipinski definition) is 0. The Bertz CT molecular complexity index is 848. The Labute approximate surface area is 151 Å². The molecular formula is C19H20FN3OS. The summed E-state index contributed by atoms with van der Waals surface area (Å²) in [6.45, 7) is 2.11. The first-order valence-corrected chi connectivity index (χ1v) is 8.97. The third kappa shape index (κ3) is 3.69. The number of ether oxygens (including phenoxy) is 1. The van der Waals surface area contributed by atoms with E-state index < -0.39 is 0 Å². The van der Waals surface area contributed by atoms with Crippen molar-refractivity contribution in [2.75, 3.05) is 7.11 Å². The first kappa shape index (κ1) is 17.5. The quantitative estimate of drug-likeness (QED) is 0.590. The summed E-state index contributed by atoms with van der Waals surface area (Å²) >= 11 is 1.63. The van der Waals surface area contributed by atoms with Gasteiger partial charge in [-0.25, -0.2) is 4.39 Å². The Balaban J connectivity index is 1.89. The van der Waals surface area contributed by atoms with Crippen LogP contribution in [0, 0.1) is 5.82 Å². The summed E-state index contributed by atoms with van der Waals surface area (Å²) in [4.78, 5) is 0. The minimum atomic E-state index is -0.222. The molecule has 1 atom stereocenters. The molecule has 1 heterocycles. The Hall–Kier alpha value is -2.34. The maximum absolute atomic E-state index is 13.2. The minimum absolute atomic E-state index is 0.189. The van der Waals surface area contributed by atoms with Gasteiger partial charge in [0.05, 0.1) is 12.7 Å². The van der Waals surface area contributed by atoms with Crippen molar-refractivity contribution in [3.05, 3.63) is 59.9 Å². The van der Waals surface area contributed by atoms with Crippen molar-refractivity contribution in [1.82, 2.24) is 14.8 Å². The van der Waals surface area contributed by atoms with Crippen LogP contribution < -0.4 is 4.74 Å². The highest BCUT2D eigenvalue weighted by Gasteiger charge is 2.19. The second-order valence-corrected chi connectivity index (χ2v) is 6.80. The van der Waals surface area contributed by atoms with Crippen molar-refractivity contribution in [2.45, 2.75) is 23.8 Å². The highest BCUT2D eigenvalue weighted by Crippen LogP contribution is 2.38. The Morgan fingerprint density at radius 3 is 2.52 bits per heavy atom. The van der Waals surface area contributed by atoms with Crippen LogP contribution in [0.1, 0.15) is 24.2 Å². The third-order valence-electron chi connectivity index (χ3n) is 4.04. The summed E-state index contributed by atoms with van der Waals surface area (Å²) in [6, 6.07) is 14.4. The third-order valence-corrected chi connectivity index (χ3v) is 5.50. The summed E-state index contributed by atoms with van der Waals surface area (Å²) < 4.78 is 20.6. The van der Waals surface area contributed by atoms with Crippen LogP contribution in [-0.4, -0.2) is 21.9 Å². The van der Waals surface area contributed by atoms with Crippen LogP contribution in [0.2, 0.25) is 0 Å². The molecule has 0 saturated carbocycles. The number of para-hydroxylation sites is 1. The molecular weight excluding hydrogens is 337 g/mol. The lowest BCUT2D eigenvalue weighted by atomic mass is 10.1. The van der Waals surface area contributed by atoms with E-state index >= 15 is 0 Å². The molecule has 3 aromatic rings. The second kappa shape index (κ2) is 7.70. The second-order valence-electron chi connectivity index (χ2n) is 5.63. The van der Waals surface area contributed by atoms with Gasteiger partial charge in [0.2, 0.25) is 0 Å². The van der Waals surface area contributed by atoms with Crippen molar-refractivity contribution in [2.24, 2.45) is 7.05 Å². The van der Waals surface area contributed by atoms with Crippen molar-refractivity contribution in [1.29, 1.82) is 0 Å². The summed E-state index contributed by atoms with van der Waals surface area (Å²) in [5, 5.41) is 9.69. The smallest absolute Gasteiger partial charge is 0.191 e. The van der Waals surface area contributed by atoms with E-state index in [0.717, 1.165) is 34.3 Å². The van der Waals surface area contributed by atoms with Crippen LogP contribution in [0.5, 0.6) is 5.75 Å². The van der Waals surface area contributed by atoms with E-state index in [1.165, 1.54) is 12.1 Å². The molecule has 0 aliphatic rings. The predicted molar refractivity (Wildman–Crippen MR) is 98.3 cm³/mol. The van der Waals surface area contributed by atoms with Crippen LogP contribution in [0.25, 0.3) is 11.4 Å². The number of hydrogen-bond acceptors (Lipinski definition) is 4. The molecule has 4 nitrogen and oxygen atoms in total. The molecule has 0 N–H and O–H groups in total. The molecule has 0 fully saturated rings. The van der Waals surface area contributed by atoms with Gasteiger partial charge in [-0.3, -0.25) is 0 Å². The molecule has 0 unspecified atom stereocenters. The molecule has 0 aliphatic heterocycles. The normalized spacial score (nSPS) is 12.2. The van der Waals surface area contributed by atoms with E-state index in [0.29, 0.717) is 0 Å². The van der Waals surface area contributed by atoms with Crippen molar-refractivity contribution in [3.63, 3.8) is 0 Å². The fourth-order valence-corrected chi connectivity index (χ4v) is 3.72. The zero-order valence-electron chi connectivity index (χ0n) is 14.4. The Kier molecular flexibility index (Phi) is 5.38. The van der Waals surface area contributed by atoms with Crippen LogP contribution in [0.15, 0.2) is 53.7 Å². The summed E-state index contributed by atoms with van der Waals surface area (Å²) in [5.74, 6) is 1.30. The average Bonchev–Trinajstić information content (AvgIpc) is 3.00. The number of thioether (sulfide) groups is 1. The number of benzene rings is 2. The number of nitrogens with zero attached hydrogens (tertiary/aromatic N) is 3. The minimum Gasteiger partial charge on any atom is -0.496 e. The molecule has 0 bridgehead atoms. The zero-order valence-corrected chi connectivity index (χ0v) is 15.3. The van der Waals surface area contributed by atoms with Crippen LogP contribution in [0.3, 0.4) is 0 Å². The number of halogens is 1. The first-order chi connectivity index (χ1) is 12.1. The van der Waals surface area contributed by atoms with E-state index in [4.69, 9.17) is 4.74 Å². The van der Waals surface area contributed by atoms with Crippen molar-refractivity contribution < 1.29 is 9.13 Å². The van der Waals surface area contributed by atoms with Gasteiger partial charge in [0, 0.05) is 12.3 Å². The lowest BCUT2D eigenvalue weighted by Crippen LogP contribution is -1.99. The number of methoxy groups -OCH3 is 1. The van der Waals surface area contributed by atoms with Gasteiger partial charge >= 0.3 is 0 Å². The average molecular weight is 357 g/mol. The van der Waals surface area contributed by atoms with E-state index in [1.54, 1.807) is 18.9 Å². The number of aromatic nitrogens is 3. The van der Waals surface area contributed by atoms with E-state index in [1.807, 2.05) is 48.0 Å². The van der Waals surface area contributed by atoms with E-state index in [-0.39, 0.29) is 11.1 Å². The fraction of sp³-hybridized carbons (Fsp3) is 0.263. The van der Waals surface area contributed by atoms with Gasteiger partial charge in [-0.2, -0.15) is 0 Å². The fourth-order valence-electron chi connectivity index (χ4n) is 2.67. The summed E-state index contributed by atoms with van der Waals surface area (Å²) in [7, 11) is 3.59. The number of rotatable bonds is 6. The van der Waals surface area contributed by atoms with Crippen LogP contribution in [0.4, 0.5) is 4.39 Å². The Morgan fingerprint density at radius 2 is 1.84 bits per heavy atom. The zero-order chi connectivity index (χ0) is 17.8. The van der Waals surface area contributed by atoms with Gasteiger partial charge in [0.1, 0.15) is 11.6 Å².